The molecule has 0 aliphatic rings. The van der Waals surface area contributed by atoms with Crippen LogP contribution < -0.4 is 11.1 Å². The van der Waals surface area contributed by atoms with Crippen molar-refractivity contribution < 1.29 is 4.79 Å². The van der Waals surface area contributed by atoms with Crippen molar-refractivity contribution in [1.82, 2.24) is 15.3 Å². The third kappa shape index (κ3) is 2.63. The summed E-state index contributed by atoms with van der Waals surface area (Å²) < 4.78 is 0. The number of rotatable bonds is 3. The second-order valence-electron chi connectivity index (χ2n) is 3.90. The number of carbonyl (C=O) groups excluding carboxylic acids is 1. The lowest BCUT2D eigenvalue weighted by Crippen LogP contribution is -2.24. The zero-order valence-electron chi connectivity index (χ0n) is 10.1. The molecule has 18 heavy (non-hydrogen) atoms. The number of nitrogens with zero attached hydrogens (tertiary/aromatic N) is 2. The van der Waals surface area contributed by atoms with Crippen molar-refractivity contribution in [3.8, 4) is 0 Å². The Hall–Kier alpha value is -2.43. The first kappa shape index (κ1) is 12.0. The lowest BCUT2D eigenvalue weighted by atomic mass is 10.1. The molecular weight excluding hydrogens is 228 g/mol. The smallest absolute Gasteiger partial charge is 0.271 e. The number of nitrogens with one attached hydrogen (secondary N) is 1. The summed E-state index contributed by atoms with van der Waals surface area (Å²) in [6.07, 6.45) is 4.45. The molecule has 0 aliphatic heterocycles. The molecule has 92 valence electrons. The molecule has 0 aliphatic carbocycles. The first-order valence-corrected chi connectivity index (χ1v) is 5.56. The first-order valence-electron chi connectivity index (χ1n) is 5.56. The predicted molar refractivity (Wildman–Crippen MR) is 68.8 cm³/mol. The van der Waals surface area contributed by atoms with E-state index in [1.807, 2.05) is 25.1 Å². The maximum Gasteiger partial charge on any atom is 0.271 e. The van der Waals surface area contributed by atoms with Crippen LogP contribution in [-0.2, 0) is 6.54 Å². The molecule has 0 unspecified atom stereocenters. The zero-order chi connectivity index (χ0) is 13.0. The fourth-order valence-electron chi connectivity index (χ4n) is 1.58. The molecule has 2 rings (SSSR count). The molecule has 3 N–H and O–H groups in total. The van der Waals surface area contributed by atoms with Gasteiger partial charge in [0.2, 0.25) is 0 Å². The SMILES string of the molecule is Cc1c(N)cccc1CNC(=O)c1cnccn1. The lowest BCUT2D eigenvalue weighted by molar-refractivity contribution is 0.0945. The van der Waals surface area contributed by atoms with E-state index in [0.717, 1.165) is 16.8 Å². The van der Waals surface area contributed by atoms with E-state index < -0.39 is 0 Å². The van der Waals surface area contributed by atoms with Crippen LogP contribution in [-0.4, -0.2) is 15.9 Å². The van der Waals surface area contributed by atoms with Gasteiger partial charge in [0.25, 0.3) is 5.91 Å². The lowest BCUT2D eigenvalue weighted by Gasteiger charge is -2.09. The summed E-state index contributed by atoms with van der Waals surface area (Å²) in [5.74, 6) is -0.245. The Balaban J connectivity index is 2.04. The Morgan fingerprint density at radius 3 is 2.94 bits per heavy atom. The van der Waals surface area contributed by atoms with Crippen LogP contribution in [0.15, 0.2) is 36.8 Å². The maximum atomic E-state index is 11.8. The van der Waals surface area contributed by atoms with Gasteiger partial charge in [-0.3, -0.25) is 9.78 Å². The minimum Gasteiger partial charge on any atom is -0.399 e. The van der Waals surface area contributed by atoms with Crippen molar-refractivity contribution in [3.63, 3.8) is 0 Å². The van der Waals surface area contributed by atoms with E-state index in [1.54, 1.807) is 0 Å². The molecule has 1 aromatic carbocycles. The molecule has 2 aromatic rings. The molecule has 5 heteroatoms. The van der Waals surface area contributed by atoms with E-state index in [1.165, 1.54) is 18.6 Å². The van der Waals surface area contributed by atoms with Gasteiger partial charge in [-0.1, -0.05) is 12.1 Å². The Morgan fingerprint density at radius 2 is 2.22 bits per heavy atom. The van der Waals surface area contributed by atoms with Crippen molar-refractivity contribution >= 4 is 11.6 Å². The standard InChI is InChI=1S/C13H14N4O/c1-9-10(3-2-4-11(9)14)7-17-13(18)12-8-15-5-6-16-12/h2-6,8H,7,14H2,1H3,(H,17,18). The molecule has 0 spiro atoms. The highest BCUT2D eigenvalue weighted by molar-refractivity contribution is 5.91. The van der Waals surface area contributed by atoms with Crippen molar-refractivity contribution in [2.24, 2.45) is 0 Å². The number of nitrogens with two attached hydrogens (primary N) is 1. The number of hydrogen-bond acceptors (Lipinski definition) is 4. The summed E-state index contributed by atoms with van der Waals surface area (Å²) in [6.45, 7) is 2.35. The maximum absolute atomic E-state index is 11.8. The van der Waals surface area contributed by atoms with Crippen LogP contribution in [0.5, 0.6) is 0 Å². The number of nitrogen functional groups attached to an aromatic ring is 1. The van der Waals surface area contributed by atoms with Gasteiger partial charge in [-0.25, -0.2) is 4.98 Å². The molecule has 1 aromatic heterocycles. The first-order chi connectivity index (χ1) is 8.68. The van der Waals surface area contributed by atoms with Crippen LogP contribution in [0.2, 0.25) is 0 Å². The third-order valence-electron chi connectivity index (χ3n) is 2.72. The van der Waals surface area contributed by atoms with E-state index >= 15 is 0 Å². The second kappa shape index (κ2) is 5.27. The molecule has 1 amide bonds. The molecule has 0 fully saturated rings. The van der Waals surface area contributed by atoms with Crippen molar-refractivity contribution in [2.45, 2.75) is 13.5 Å². The third-order valence-corrected chi connectivity index (χ3v) is 2.72. The van der Waals surface area contributed by atoms with Crippen molar-refractivity contribution in [2.75, 3.05) is 5.73 Å². The minimum absolute atomic E-state index is 0.245. The summed E-state index contributed by atoms with van der Waals surface area (Å²) in [5.41, 5.74) is 8.81. The van der Waals surface area contributed by atoms with Crippen LogP contribution in [0.25, 0.3) is 0 Å². The molecule has 0 saturated carbocycles. The van der Waals surface area contributed by atoms with Gasteiger partial charge in [-0.2, -0.15) is 0 Å². The van der Waals surface area contributed by atoms with Gasteiger partial charge < -0.3 is 11.1 Å². The largest absolute Gasteiger partial charge is 0.399 e. The molecular formula is C13H14N4O. The molecule has 5 nitrogen and oxygen atoms in total. The summed E-state index contributed by atoms with van der Waals surface area (Å²) in [4.78, 5) is 19.6. The second-order valence-corrected chi connectivity index (χ2v) is 3.90. The Labute approximate surface area is 105 Å². The van der Waals surface area contributed by atoms with Crippen LogP contribution in [0.4, 0.5) is 5.69 Å². The van der Waals surface area contributed by atoms with Gasteiger partial charge in [-0.05, 0) is 24.1 Å². The highest BCUT2D eigenvalue weighted by atomic mass is 16.1. The number of amides is 1. The normalized spacial score (nSPS) is 10.1. The van der Waals surface area contributed by atoms with Gasteiger partial charge in [0.15, 0.2) is 0 Å². The van der Waals surface area contributed by atoms with Crippen molar-refractivity contribution in [3.05, 3.63) is 53.6 Å². The summed E-state index contributed by atoms with van der Waals surface area (Å²) in [7, 11) is 0. The topological polar surface area (TPSA) is 80.9 Å². The molecule has 1 heterocycles. The van der Waals surface area contributed by atoms with Crippen molar-refractivity contribution in [1.29, 1.82) is 0 Å². The summed E-state index contributed by atoms with van der Waals surface area (Å²) in [6, 6.07) is 5.64. The molecule has 0 saturated heterocycles. The predicted octanol–water partition coefficient (Wildman–Crippen LogP) is 1.30. The van der Waals surface area contributed by atoms with E-state index in [-0.39, 0.29) is 5.91 Å². The van der Waals surface area contributed by atoms with Gasteiger partial charge in [0, 0.05) is 24.6 Å². The molecule has 0 bridgehead atoms. The van der Waals surface area contributed by atoms with Crippen LogP contribution >= 0.6 is 0 Å². The Bertz CT molecular complexity index is 554. The Morgan fingerprint density at radius 1 is 1.39 bits per heavy atom. The van der Waals surface area contributed by atoms with Crippen LogP contribution in [0, 0.1) is 6.92 Å². The van der Waals surface area contributed by atoms with E-state index in [9.17, 15) is 4.79 Å². The Kier molecular flexibility index (Phi) is 3.52. The van der Waals surface area contributed by atoms with Gasteiger partial charge >= 0.3 is 0 Å². The number of benzene rings is 1. The number of anilines is 1. The van der Waals surface area contributed by atoms with E-state index in [4.69, 9.17) is 5.73 Å². The van der Waals surface area contributed by atoms with Crippen LogP contribution in [0.3, 0.4) is 0 Å². The number of hydrogen-bond donors (Lipinski definition) is 2. The zero-order valence-corrected chi connectivity index (χ0v) is 10.1. The van der Waals surface area contributed by atoms with E-state index in [2.05, 4.69) is 15.3 Å². The van der Waals surface area contributed by atoms with Gasteiger partial charge in [0.1, 0.15) is 5.69 Å². The van der Waals surface area contributed by atoms with Gasteiger partial charge in [-0.15, -0.1) is 0 Å². The average Bonchev–Trinajstić information content (AvgIpc) is 2.41. The molecule has 0 radical (unpaired) electrons. The highest BCUT2D eigenvalue weighted by Gasteiger charge is 2.07. The minimum atomic E-state index is -0.245. The van der Waals surface area contributed by atoms with Gasteiger partial charge in [0.05, 0.1) is 6.20 Å². The highest BCUT2D eigenvalue weighted by Crippen LogP contribution is 2.15. The summed E-state index contributed by atoms with van der Waals surface area (Å²) in [5, 5.41) is 2.79. The van der Waals surface area contributed by atoms with Crippen LogP contribution in [0.1, 0.15) is 21.6 Å². The summed E-state index contributed by atoms with van der Waals surface area (Å²) >= 11 is 0. The molecule has 0 atom stereocenters. The van der Waals surface area contributed by atoms with E-state index in [0.29, 0.717) is 12.2 Å². The monoisotopic (exact) mass is 242 g/mol. The quantitative estimate of drug-likeness (QED) is 0.795. The fraction of sp³-hybridized carbons (Fsp3) is 0.154. The average molecular weight is 242 g/mol. The number of aromatic nitrogens is 2. The number of carbonyl (C=O) groups is 1. The fourth-order valence-corrected chi connectivity index (χ4v) is 1.58.